The zero-order chi connectivity index (χ0) is 20.9. The van der Waals surface area contributed by atoms with Gasteiger partial charge in [0.1, 0.15) is 6.04 Å². The van der Waals surface area contributed by atoms with Crippen molar-refractivity contribution in [3.8, 4) is 6.07 Å². The molecule has 1 aromatic heterocycles. The van der Waals surface area contributed by atoms with Crippen LogP contribution in [0, 0.1) is 30.1 Å². The van der Waals surface area contributed by atoms with Gasteiger partial charge >= 0.3 is 0 Å². The smallest absolute Gasteiger partial charge is 0.222 e. The fraction of sp³-hybridized carbons (Fsp3) is 0.364. The lowest BCUT2D eigenvalue weighted by Gasteiger charge is -2.21. The number of primary amides is 1. The van der Waals surface area contributed by atoms with E-state index in [0.717, 1.165) is 22.5 Å². The summed E-state index contributed by atoms with van der Waals surface area (Å²) in [6.07, 6.45) is 0. The van der Waals surface area contributed by atoms with Crippen molar-refractivity contribution >= 4 is 23.4 Å². The Kier molecular flexibility index (Phi) is 4.83. The maximum absolute atomic E-state index is 12.1. The van der Waals surface area contributed by atoms with Gasteiger partial charge in [-0.2, -0.15) is 5.26 Å². The Morgan fingerprint density at radius 1 is 1.28 bits per heavy atom. The van der Waals surface area contributed by atoms with Gasteiger partial charge in [0.05, 0.1) is 34.2 Å². The second kappa shape index (κ2) is 7.20. The summed E-state index contributed by atoms with van der Waals surface area (Å²) in [6, 6.07) is 9.05. The summed E-state index contributed by atoms with van der Waals surface area (Å²) in [5, 5.41) is 13.4. The first-order valence-corrected chi connectivity index (χ1v) is 10.4. The lowest BCUT2D eigenvalue weighted by Crippen LogP contribution is -2.26. The van der Waals surface area contributed by atoms with Crippen LogP contribution >= 0.6 is 11.8 Å². The lowest BCUT2D eigenvalue weighted by atomic mass is 9.85. The van der Waals surface area contributed by atoms with E-state index in [4.69, 9.17) is 20.5 Å². The molecule has 0 spiro atoms. The average molecular weight is 407 g/mol. The lowest BCUT2D eigenvalue weighted by molar-refractivity contribution is -0.122. The van der Waals surface area contributed by atoms with Crippen molar-refractivity contribution in [1.82, 2.24) is 5.16 Å². The quantitative estimate of drug-likeness (QED) is 0.821. The summed E-state index contributed by atoms with van der Waals surface area (Å²) in [5.41, 5.74) is 11.2. The molecule has 2 unspecified atom stereocenters. The molecule has 3 heterocycles. The molecule has 2 aliphatic heterocycles. The summed E-state index contributed by atoms with van der Waals surface area (Å²) in [4.78, 5) is 18.4. The number of thioether (sulfide) groups is 1. The van der Waals surface area contributed by atoms with Gasteiger partial charge < -0.3 is 10.3 Å². The number of nitrogens with two attached hydrogens (primary N) is 1. The van der Waals surface area contributed by atoms with Crippen LogP contribution in [0.5, 0.6) is 0 Å². The van der Waals surface area contributed by atoms with Gasteiger partial charge in [0.15, 0.2) is 5.76 Å². The highest BCUT2D eigenvalue weighted by Gasteiger charge is 2.45. The molecule has 29 heavy (non-hydrogen) atoms. The number of allylic oxidation sites excluding steroid dienone is 2. The first-order chi connectivity index (χ1) is 13.8. The topological polar surface area (TPSA) is 105 Å². The third-order valence-corrected chi connectivity index (χ3v) is 7.36. The van der Waals surface area contributed by atoms with E-state index in [1.807, 2.05) is 19.1 Å². The molecule has 2 N–H and O–H groups in total. The SMILES string of the molecule is CC1=C(C)C2C(c3ccc(C#N)cc3)=N[C@@H]([C@@H](C)C(N)=O)c3onc(C)c3C2S1. The molecule has 6 nitrogen and oxygen atoms in total. The molecule has 0 saturated carbocycles. The predicted octanol–water partition coefficient (Wildman–Crippen LogP) is 4.22. The van der Waals surface area contributed by atoms with E-state index in [1.165, 1.54) is 10.5 Å². The normalized spacial score (nSPS) is 24.2. The highest BCUT2D eigenvalue weighted by atomic mass is 32.2. The molecule has 2 aliphatic rings. The van der Waals surface area contributed by atoms with Gasteiger partial charge in [0.25, 0.3) is 0 Å². The minimum atomic E-state index is -0.538. The van der Waals surface area contributed by atoms with Crippen LogP contribution in [0.3, 0.4) is 0 Å². The molecule has 1 amide bonds. The number of rotatable bonds is 3. The van der Waals surface area contributed by atoms with Crippen LogP contribution in [0.25, 0.3) is 0 Å². The molecule has 0 bridgehead atoms. The first kappa shape index (κ1) is 19.5. The van der Waals surface area contributed by atoms with Gasteiger partial charge in [0, 0.05) is 11.5 Å². The number of fused-ring (bicyclic) bond motifs is 3. The molecule has 148 valence electrons. The molecule has 0 fully saturated rings. The Morgan fingerprint density at radius 2 is 1.97 bits per heavy atom. The highest BCUT2D eigenvalue weighted by molar-refractivity contribution is 8.03. The molecule has 0 aliphatic carbocycles. The molecular formula is C22H22N4O2S. The zero-order valence-electron chi connectivity index (χ0n) is 16.8. The fourth-order valence-corrected chi connectivity index (χ4v) is 5.65. The second-order valence-corrected chi connectivity index (χ2v) is 9.00. The monoisotopic (exact) mass is 406 g/mol. The Hall–Kier alpha value is -2.85. The number of nitriles is 1. The van der Waals surface area contributed by atoms with Crippen molar-refractivity contribution in [3.63, 3.8) is 0 Å². The second-order valence-electron chi connectivity index (χ2n) is 7.64. The van der Waals surface area contributed by atoms with Crippen molar-refractivity contribution in [2.75, 3.05) is 0 Å². The number of aromatic nitrogens is 1. The molecule has 1 aromatic carbocycles. The van der Waals surface area contributed by atoms with Crippen LogP contribution in [0.4, 0.5) is 0 Å². The number of nitrogens with zero attached hydrogens (tertiary/aromatic N) is 3. The Labute approximate surface area is 173 Å². The van der Waals surface area contributed by atoms with E-state index in [9.17, 15) is 4.79 Å². The zero-order valence-corrected chi connectivity index (χ0v) is 17.6. The van der Waals surface area contributed by atoms with Gasteiger partial charge in [0.2, 0.25) is 5.91 Å². The molecule has 4 rings (SSSR count). The van der Waals surface area contributed by atoms with Crippen molar-refractivity contribution < 1.29 is 9.32 Å². The number of hydrogen-bond acceptors (Lipinski definition) is 6. The van der Waals surface area contributed by atoms with Crippen LogP contribution in [0.2, 0.25) is 0 Å². The van der Waals surface area contributed by atoms with Gasteiger partial charge in [-0.1, -0.05) is 29.8 Å². The van der Waals surface area contributed by atoms with E-state index in [1.54, 1.807) is 30.8 Å². The predicted molar refractivity (Wildman–Crippen MR) is 112 cm³/mol. The third kappa shape index (κ3) is 3.08. The van der Waals surface area contributed by atoms with Crippen molar-refractivity contribution in [3.05, 3.63) is 62.9 Å². The summed E-state index contributed by atoms with van der Waals surface area (Å²) in [5.74, 6) is -0.304. The Balaban J connectivity index is 1.96. The van der Waals surface area contributed by atoms with E-state index < -0.39 is 17.9 Å². The summed E-state index contributed by atoms with van der Waals surface area (Å²) in [6.45, 7) is 7.96. The molecular weight excluding hydrogens is 384 g/mol. The third-order valence-electron chi connectivity index (χ3n) is 5.92. The number of carbonyl (C=O) groups is 1. The summed E-state index contributed by atoms with van der Waals surface area (Å²) in [7, 11) is 0. The van der Waals surface area contributed by atoms with E-state index in [2.05, 4.69) is 25.1 Å². The Morgan fingerprint density at radius 3 is 2.59 bits per heavy atom. The van der Waals surface area contributed by atoms with Gasteiger partial charge in [-0.3, -0.25) is 9.79 Å². The summed E-state index contributed by atoms with van der Waals surface area (Å²) >= 11 is 1.79. The van der Waals surface area contributed by atoms with E-state index >= 15 is 0 Å². The van der Waals surface area contributed by atoms with Crippen molar-refractivity contribution in [2.45, 2.75) is 39.0 Å². The summed E-state index contributed by atoms with van der Waals surface area (Å²) < 4.78 is 5.71. The number of hydrogen-bond donors (Lipinski definition) is 1. The minimum absolute atomic E-state index is 0.0369. The van der Waals surface area contributed by atoms with E-state index in [-0.39, 0.29) is 11.2 Å². The van der Waals surface area contributed by atoms with Gasteiger partial charge in [-0.15, -0.1) is 11.8 Å². The highest BCUT2D eigenvalue weighted by Crippen LogP contribution is 2.56. The van der Waals surface area contributed by atoms with Crippen LogP contribution in [-0.2, 0) is 4.79 Å². The molecule has 0 saturated heterocycles. The number of aryl methyl sites for hydroxylation is 1. The number of amides is 1. The first-order valence-electron chi connectivity index (χ1n) is 9.51. The van der Waals surface area contributed by atoms with Gasteiger partial charge in [-0.25, -0.2) is 0 Å². The Bertz CT molecular complexity index is 1090. The van der Waals surface area contributed by atoms with Crippen molar-refractivity contribution in [1.29, 1.82) is 5.26 Å². The van der Waals surface area contributed by atoms with E-state index in [0.29, 0.717) is 11.3 Å². The van der Waals surface area contributed by atoms with Crippen LogP contribution in [-0.4, -0.2) is 16.8 Å². The van der Waals surface area contributed by atoms with Crippen LogP contribution < -0.4 is 5.73 Å². The maximum Gasteiger partial charge on any atom is 0.222 e. The number of aliphatic imine (C=N–C) groups is 1. The van der Waals surface area contributed by atoms with Crippen molar-refractivity contribution in [2.24, 2.45) is 22.6 Å². The molecule has 7 heteroatoms. The van der Waals surface area contributed by atoms with Gasteiger partial charge in [-0.05, 0) is 43.4 Å². The molecule has 2 aromatic rings. The van der Waals surface area contributed by atoms with Crippen LogP contribution in [0.1, 0.15) is 60.2 Å². The molecule has 4 atom stereocenters. The van der Waals surface area contributed by atoms with Crippen LogP contribution in [0.15, 0.2) is 44.3 Å². The standard InChI is InChI=1S/C22H22N4O2S/c1-10-13(4)29-21-16(10)19(15-7-5-14(9-23)6-8-15)25-18(11(2)22(24)27)20-17(21)12(3)26-28-20/h5-8,11,16,18,21H,1-4H3,(H2,24,27)/t11-,16?,18+,21?/m1/s1. The average Bonchev–Trinajstić information content (AvgIpc) is 3.17. The number of benzene rings is 1. The largest absolute Gasteiger partial charge is 0.369 e. The fourth-order valence-electron chi connectivity index (χ4n) is 4.08. The number of carbonyl (C=O) groups excluding carboxylic acids is 1. The minimum Gasteiger partial charge on any atom is -0.369 e. The maximum atomic E-state index is 12.1. The molecule has 0 radical (unpaired) electrons.